The molecule has 0 saturated carbocycles. The highest BCUT2D eigenvalue weighted by Gasteiger charge is 2.58. The van der Waals surface area contributed by atoms with E-state index in [4.69, 9.17) is 9.47 Å². The van der Waals surface area contributed by atoms with Crippen molar-refractivity contribution in [1.29, 1.82) is 0 Å². The van der Waals surface area contributed by atoms with E-state index in [1.54, 1.807) is 12.4 Å². The second-order valence-corrected chi connectivity index (χ2v) is 7.73. The number of pyridine rings is 1. The van der Waals surface area contributed by atoms with Crippen LogP contribution in [-0.2, 0) is 20.8 Å². The van der Waals surface area contributed by atoms with E-state index in [0.29, 0.717) is 19.7 Å². The van der Waals surface area contributed by atoms with Gasteiger partial charge in [0.2, 0.25) is 0 Å². The van der Waals surface area contributed by atoms with Gasteiger partial charge < -0.3 is 14.4 Å². The number of benzene rings is 1. The van der Waals surface area contributed by atoms with Crippen LogP contribution in [0.15, 0.2) is 42.7 Å². The molecule has 1 spiro atoms. The first-order valence-electron chi connectivity index (χ1n) is 9.63. The van der Waals surface area contributed by atoms with Crippen LogP contribution in [0, 0.1) is 12.7 Å². The third-order valence-corrected chi connectivity index (χ3v) is 5.38. The van der Waals surface area contributed by atoms with Crippen molar-refractivity contribution in [3.63, 3.8) is 0 Å². The summed E-state index contributed by atoms with van der Waals surface area (Å²) >= 11 is 0. The highest BCUT2D eigenvalue weighted by Crippen LogP contribution is 2.37. The summed E-state index contributed by atoms with van der Waals surface area (Å²) in [5.41, 5.74) is 0.777. The van der Waals surface area contributed by atoms with Crippen molar-refractivity contribution in [2.75, 3.05) is 37.7 Å². The molecule has 0 N–H and O–H groups in total. The zero-order chi connectivity index (χ0) is 21.4. The second kappa shape index (κ2) is 7.98. The minimum absolute atomic E-state index is 0.0839. The zero-order valence-corrected chi connectivity index (χ0v) is 16.5. The van der Waals surface area contributed by atoms with Crippen molar-refractivity contribution in [1.82, 2.24) is 9.88 Å². The molecule has 1 amide bonds. The van der Waals surface area contributed by atoms with E-state index in [2.05, 4.69) is 4.98 Å². The van der Waals surface area contributed by atoms with Gasteiger partial charge in [0.1, 0.15) is 11.4 Å². The monoisotopic (exact) mass is 421 g/mol. The SMILES string of the molecule is Cc1cnccc1CN1CCOCC2(C1)CN(c1ccc(F)cc1)C(=O)C(F)(F)O2. The maximum atomic E-state index is 14.6. The van der Waals surface area contributed by atoms with E-state index in [9.17, 15) is 18.0 Å². The number of morpholine rings is 1. The summed E-state index contributed by atoms with van der Waals surface area (Å²) in [5, 5.41) is 0. The summed E-state index contributed by atoms with van der Waals surface area (Å²) in [6.07, 6.45) is -0.579. The Morgan fingerprint density at radius 3 is 2.67 bits per heavy atom. The van der Waals surface area contributed by atoms with Gasteiger partial charge in [-0.2, -0.15) is 8.78 Å². The summed E-state index contributed by atoms with van der Waals surface area (Å²) in [7, 11) is 0. The zero-order valence-electron chi connectivity index (χ0n) is 16.5. The van der Waals surface area contributed by atoms with Crippen molar-refractivity contribution in [3.8, 4) is 0 Å². The van der Waals surface area contributed by atoms with Gasteiger partial charge in [-0.1, -0.05) is 0 Å². The Bertz CT molecular complexity index is 925. The smallest absolute Gasteiger partial charge is 0.377 e. The van der Waals surface area contributed by atoms with Crippen LogP contribution in [0.4, 0.5) is 18.9 Å². The molecule has 0 aliphatic carbocycles. The molecule has 9 heteroatoms. The van der Waals surface area contributed by atoms with E-state index in [1.165, 1.54) is 12.1 Å². The number of aryl methyl sites for hydroxylation is 1. The van der Waals surface area contributed by atoms with Gasteiger partial charge in [0.15, 0.2) is 0 Å². The Morgan fingerprint density at radius 1 is 1.17 bits per heavy atom. The van der Waals surface area contributed by atoms with Gasteiger partial charge in [0.05, 0.1) is 19.8 Å². The minimum Gasteiger partial charge on any atom is -0.377 e. The molecule has 30 heavy (non-hydrogen) atoms. The molecule has 0 bridgehead atoms. The van der Waals surface area contributed by atoms with Gasteiger partial charge in [0, 0.05) is 37.7 Å². The van der Waals surface area contributed by atoms with E-state index in [1.807, 2.05) is 17.9 Å². The fourth-order valence-corrected chi connectivity index (χ4v) is 3.89. The van der Waals surface area contributed by atoms with Gasteiger partial charge in [-0.25, -0.2) is 4.39 Å². The van der Waals surface area contributed by atoms with Crippen molar-refractivity contribution in [2.45, 2.75) is 25.2 Å². The quantitative estimate of drug-likeness (QED) is 0.763. The van der Waals surface area contributed by atoms with E-state index in [0.717, 1.165) is 28.2 Å². The maximum absolute atomic E-state index is 14.6. The molecule has 2 aliphatic rings. The number of rotatable bonds is 3. The first kappa shape index (κ1) is 20.8. The van der Waals surface area contributed by atoms with Crippen LogP contribution in [0.5, 0.6) is 0 Å². The summed E-state index contributed by atoms with van der Waals surface area (Å²) < 4.78 is 53.2. The van der Waals surface area contributed by atoms with Crippen LogP contribution in [-0.4, -0.2) is 60.3 Å². The Hall–Kier alpha value is -2.49. The average molecular weight is 421 g/mol. The third-order valence-electron chi connectivity index (χ3n) is 5.38. The van der Waals surface area contributed by atoms with E-state index in [-0.39, 0.29) is 25.4 Å². The number of amides is 1. The number of anilines is 1. The second-order valence-electron chi connectivity index (χ2n) is 7.73. The molecule has 6 nitrogen and oxygen atoms in total. The molecule has 0 radical (unpaired) electrons. The Balaban J connectivity index is 1.62. The number of alkyl halides is 2. The maximum Gasteiger partial charge on any atom is 0.437 e. The molecule has 1 aromatic heterocycles. The summed E-state index contributed by atoms with van der Waals surface area (Å²) in [5.74, 6) is -1.99. The number of hydrogen-bond donors (Lipinski definition) is 0. The molecule has 160 valence electrons. The number of aromatic nitrogens is 1. The minimum atomic E-state index is -4.02. The molecule has 3 heterocycles. The topological polar surface area (TPSA) is 54.9 Å². The molecule has 4 rings (SSSR count). The number of nitrogens with zero attached hydrogens (tertiary/aromatic N) is 3. The molecule has 2 saturated heterocycles. The molecule has 1 atom stereocenters. The van der Waals surface area contributed by atoms with Gasteiger partial charge in [-0.05, 0) is 48.4 Å². The van der Waals surface area contributed by atoms with Gasteiger partial charge in [-0.3, -0.25) is 14.7 Å². The number of hydrogen-bond acceptors (Lipinski definition) is 5. The molecule has 2 aliphatic heterocycles. The van der Waals surface area contributed by atoms with Crippen molar-refractivity contribution in [2.24, 2.45) is 0 Å². The van der Waals surface area contributed by atoms with Crippen molar-refractivity contribution < 1.29 is 27.4 Å². The van der Waals surface area contributed by atoms with Crippen LogP contribution in [0.2, 0.25) is 0 Å². The third kappa shape index (κ3) is 4.19. The number of carbonyl (C=O) groups excluding carboxylic acids is 1. The van der Waals surface area contributed by atoms with Gasteiger partial charge in [0.25, 0.3) is 0 Å². The summed E-state index contributed by atoms with van der Waals surface area (Å²) in [4.78, 5) is 19.4. The van der Waals surface area contributed by atoms with Crippen LogP contribution >= 0.6 is 0 Å². The lowest BCUT2D eigenvalue weighted by molar-refractivity contribution is -0.294. The van der Waals surface area contributed by atoms with Crippen molar-refractivity contribution in [3.05, 3.63) is 59.7 Å². The predicted molar refractivity (Wildman–Crippen MR) is 103 cm³/mol. The first-order chi connectivity index (χ1) is 14.3. The van der Waals surface area contributed by atoms with Gasteiger partial charge in [-0.15, -0.1) is 0 Å². The molecule has 2 fully saturated rings. The highest BCUT2D eigenvalue weighted by atomic mass is 19.3. The average Bonchev–Trinajstić information content (AvgIpc) is 2.89. The molecule has 1 unspecified atom stereocenters. The first-order valence-corrected chi connectivity index (χ1v) is 9.63. The Labute approximate surface area is 172 Å². The lowest BCUT2D eigenvalue weighted by Gasteiger charge is -2.45. The number of ether oxygens (including phenoxy) is 2. The number of carbonyl (C=O) groups is 1. The number of halogens is 3. The lowest BCUT2D eigenvalue weighted by atomic mass is 9.99. The predicted octanol–water partition coefficient (Wildman–Crippen LogP) is 2.76. The van der Waals surface area contributed by atoms with Crippen LogP contribution in [0.25, 0.3) is 0 Å². The van der Waals surface area contributed by atoms with Crippen LogP contribution in [0.3, 0.4) is 0 Å². The molecule has 2 aromatic rings. The van der Waals surface area contributed by atoms with Crippen LogP contribution < -0.4 is 4.90 Å². The normalized spacial score (nSPS) is 24.8. The lowest BCUT2D eigenvalue weighted by Crippen LogP contribution is -2.66. The summed E-state index contributed by atoms with van der Waals surface area (Å²) in [6, 6.07) is 6.75. The fourth-order valence-electron chi connectivity index (χ4n) is 3.89. The van der Waals surface area contributed by atoms with Crippen molar-refractivity contribution >= 4 is 11.6 Å². The van der Waals surface area contributed by atoms with E-state index < -0.39 is 23.4 Å². The Morgan fingerprint density at radius 2 is 1.93 bits per heavy atom. The van der Waals surface area contributed by atoms with Gasteiger partial charge >= 0.3 is 12.0 Å². The molecular formula is C21H22F3N3O3. The standard InChI is InChI=1S/C21H22F3N3O3/c1-15-10-25-7-6-16(15)11-26-8-9-29-14-20(12-26)13-27(19(28)21(23,24)30-20)18-4-2-17(22)3-5-18/h2-7,10H,8-9,11-14H2,1H3. The Kier molecular flexibility index (Phi) is 5.52. The fraction of sp³-hybridized carbons (Fsp3) is 0.429. The summed E-state index contributed by atoms with van der Waals surface area (Å²) in [6.45, 7) is 3.27. The highest BCUT2D eigenvalue weighted by molar-refractivity contribution is 5.98. The molecule has 1 aromatic carbocycles. The van der Waals surface area contributed by atoms with E-state index >= 15 is 0 Å². The molecular weight excluding hydrogens is 399 g/mol. The van der Waals surface area contributed by atoms with Crippen LogP contribution in [0.1, 0.15) is 11.1 Å². The largest absolute Gasteiger partial charge is 0.437 e.